The molecule has 1 aromatic carbocycles. The molecule has 0 bridgehead atoms. The van der Waals surface area contributed by atoms with Crippen molar-refractivity contribution in [3.63, 3.8) is 0 Å². The van der Waals surface area contributed by atoms with Crippen molar-refractivity contribution < 1.29 is 22.7 Å². The van der Waals surface area contributed by atoms with E-state index in [0.717, 1.165) is 28.0 Å². The Morgan fingerprint density at radius 2 is 1.96 bits per heavy atom. The molecule has 1 amide bonds. The van der Waals surface area contributed by atoms with E-state index in [4.69, 9.17) is 4.74 Å². The van der Waals surface area contributed by atoms with Crippen molar-refractivity contribution >= 4 is 27.5 Å². The molecular formula is C14H13F3N2O3S. The molecule has 2 aromatic rings. The van der Waals surface area contributed by atoms with Gasteiger partial charge in [0.05, 0.1) is 29.0 Å². The third kappa shape index (κ3) is 3.25. The van der Waals surface area contributed by atoms with E-state index in [0.29, 0.717) is 31.0 Å². The van der Waals surface area contributed by atoms with Gasteiger partial charge in [-0.05, 0) is 18.2 Å². The molecule has 23 heavy (non-hydrogen) atoms. The maximum absolute atomic E-state index is 12.8. The highest BCUT2D eigenvalue weighted by Gasteiger charge is 2.31. The molecular weight excluding hydrogens is 333 g/mol. The zero-order chi connectivity index (χ0) is 16.6. The number of thiazole rings is 1. The molecule has 0 spiro atoms. The SMILES string of the molecule is O=C(Cn1c(=O)sc2ccc(C(F)(F)F)cc21)N1CCOCC1. The minimum atomic E-state index is -4.49. The summed E-state index contributed by atoms with van der Waals surface area (Å²) in [7, 11) is 0. The quantitative estimate of drug-likeness (QED) is 0.835. The van der Waals surface area contributed by atoms with E-state index in [1.54, 1.807) is 4.90 Å². The van der Waals surface area contributed by atoms with Gasteiger partial charge >= 0.3 is 11.0 Å². The van der Waals surface area contributed by atoms with Crippen molar-refractivity contribution in [1.82, 2.24) is 9.47 Å². The fourth-order valence-electron chi connectivity index (χ4n) is 2.44. The van der Waals surface area contributed by atoms with Gasteiger partial charge in [0.1, 0.15) is 6.54 Å². The molecule has 3 rings (SSSR count). The van der Waals surface area contributed by atoms with E-state index in [1.807, 2.05) is 0 Å². The third-order valence-corrected chi connectivity index (χ3v) is 4.61. The maximum Gasteiger partial charge on any atom is 0.416 e. The first kappa shape index (κ1) is 16.0. The van der Waals surface area contributed by atoms with E-state index in [-0.39, 0.29) is 18.0 Å². The lowest BCUT2D eigenvalue weighted by molar-refractivity contribution is -0.137. The van der Waals surface area contributed by atoms with Gasteiger partial charge in [-0.3, -0.25) is 14.2 Å². The summed E-state index contributed by atoms with van der Waals surface area (Å²) in [6.07, 6.45) is -4.49. The molecule has 0 N–H and O–H groups in total. The highest BCUT2D eigenvalue weighted by Crippen LogP contribution is 2.32. The van der Waals surface area contributed by atoms with Gasteiger partial charge in [0.25, 0.3) is 0 Å². The minimum Gasteiger partial charge on any atom is -0.378 e. The molecule has 1 aliphatic heterocycles. The van der Waals surface area contributed by atoms with E-state index < -0.39 is 16.6 Å². The van der Waals surface area contributed by atoms with Gasteiger partial charge in [0.2, 0.25) is 5.91 Å². The number of fused-ring (bicyclic) bond motifs is 1. The lowest BCUT2D eigenvalue weighted by atomic mass is 10.2. The normalized spacial score (nSPS) is 16.0. The van der Waals surface area contributed by atoms with E-state index in [1.165, 1.54) is 6.07 Å². The Labute approximate surface area is 132 Å². The first-order valence-corrected chi connectivity index (χ1v) is 7.74. The van der Waals surface area contributed by atoms with Crippen LogP contribution >= 0.6 is 11.3 Å². The number of morpholine rings is 1. The second-order valence-electron chi connectivity index (χ2n) is 5.13. The van der Waals surface area contributed by atoms with Crippen LogP contribution in [0, 0.1) is 0 Å². The van der Waals surface area contributed by atoms with E-state index >= 15 is 0 Å². The smallest absolute Gasteiger partial charge is 0.378 e. The standard InChI is InChI=1S/C14H13F3N2O3S/c15-14(16,17)9-1-2-11-10(7-9)19(13(21)23-11)8-12(20)18-3-5-22-6-4-18/h1-2,7H,3-6,8H2. The Kier molecular flexibility index (Phi) is 4.15. The number of rotatable bonds is 2. The number of halogens is 3. The lowest BCUT2D eigenvalue weighted by Gasteiger charge is -2.26. The minimum absolute atomic E-state index is 0.136. The molecule has 0 atom stereocenters. The van der Waals surface area contributed by atoms with Gasteiger partial charge in [-0.1, -0.05) is 11.3 Å². The molecule has 0 unspecified atom stereocenters. The molecule has 0 aliphatic carbocycles. The molecule has 1 saturated heterocycles. The zero-order valence-electron chi connectivity index (χ0n) is 11.9. The van der Waals surface area contributed by atoms with Crippen LogP contribution in [-0.2, 0) is 22.3 Å². The van der Waals surface area contributed by atoms with Crippen molar-refractivity contribution in [1.29, 1.82) is 0 Å². The Bertz CT molecular complexity index is 791. The van der Waals surface area contributed by atoms with Crippen LogP contribution in [0.1, 0.15) is 5.56 Å². The molecule has 2 heterocycles. The second-order valence-corrected chi connectivity index (χ2v) is 6.12. The Hall–Kier alpha value is -1.87. The van der Waals surface area contributed by atoms with Crippen molar-refractivity contribution in [3.05, 3.63) is 33.4 Å². The summed E-state index contributed by atoms with van der Waals surface area (Å²) in [5, 5.41) is 0. The molecule has 1 fully saturated rings. The van der Waals surface area contributed by atoms with Gasteiger partial charge in [-0.2, -0.15) is 13.2 Å². The third-order valence-electron chi connectivity index (χ3n) is 3.65. The van der Waals surface area contributed by atoms with Crippen LogP contribution in [0.5, 0.6) is 0 Å². The van der Waals surface area contributed by atoms with E-state index in [9.17, 15) is 22.8 Å². The highest BCUT2D eigenvalue weighted by atomic mass is 32.1. The summed E-state index contributed by atoms with van der Waals surface area (Å²) >= 11 is 0.831. The largest absolute Gasteiger partial charge is 0.416 e. The van der Waals surface area contributed by atoms with Crippen LogP contribution in [0.25, 0.3) is 10.2 Å². The predicted molar refractivity (Wildman–Crippen MR) is 78.5 cm³/mol. The summed E-state index contributed by atoms with van der Waals surface area (Å²) in [6, 6.07) is 3.12. The predicted octanol–water partition coefficient (Wildman–Crippen LogP) is 1.94. The summed E-state index contributed by atoms with van der Waals surface area (Å²) in [4.78, 5) is 25.4. The fraction of sp³-hybridized carbons (Fsp3) is 0.429. The zero-order valence-corrected chi connectivity index (χ0v) is 12.7. The van der Waals surface area contributed by atoms with Gasteiger partial charge in [0, 0.05) is 13.1 Å². The molecule has 1 aromatic heterocycles. The van der Waals surface area contributed by atoms with E-state index in [2.05, 4.69) is 0 Å². The number of nitrogens with zero attached hydrogens (tertiary/aromatic N) is 2. The maximum atomic E-state index is 12.8. The van der Waals surface area contributed by atoms with Crippen LogP contribution in [0.15, 0.2) is 23.0 Å². The Balaban J connectivity index is 1.94. The molecule has 5 nitrogen and oxygen atoms in total. The van der Waals surface area contributed by atoms with Crippen LogP contribution < -0.4 is 4.87 Å². The molecule has 1 aliphatic rings. The van der Waals surface area contributed by atoms with Crippen LogP contribution in [-0.4, -0.2) is 41.7 Å². The first-order chi connectivity index (χ1) is 10.9. The monoisotopic (exact) mass is 346 g/mol. The van der Waals surface area contributed by atoms with Crippen LogP contribution in [0.2, 0.25) is 0 Å². The van der Waals surface area contributed by atoms with Crippen molar-refractivity contribution in [2.24, 2.45) is 0 Å². The Morgan fingerprint density at radius 1 is 1.26 bits per heavy atom. The topological polar surface area (TPSA) is 51.5 Å². The number of amides is 1. The highest BCUT2D eigenvalue weighted by molar-refractivity contribution is 7.16. The molecule has 9 heteroatoms. The number of hydrogen-bond donors (Lipinski definition) is 0. The first-order valence-electron chi connectivity index (χ1n) is 6.92. The van der Waals surface area contributed by atoms with Gasteiger partial charge in [-0.25, -0.2) is 0 Å². The average molecular weight is 346 g/mol. The van der Waals surface area contributed by atoms with Gasteiger partial charge in [0.15, 0.2) is 0 Å². The molecule has 0 saturated carbocycles. The Morgan fingerprint density at radius 3 is 2.61 bits per heavy atom. The van der Waals surface area contributed by atoms with Crippen molar-refractivity contribution in [3.8, 4) is 0 Å². The summed E-state index contributed by atoms with van der Waals surface area (Å²) < 4.78 is 45.2. The van der Waals surface area contributed by atoms with Crippen LogP contribution in [0.3, 0.4) is 0 Å². The molecule has 0 radical (unpaired) electrons. The van der Waals surface area contributed by atoms with Gasteiger partial charge < -0.3 is 9.64 Å². The summed E-state index contributed by atoms with van der Waals surface area (Å²) in [5.41, 5.74) is -0.702. The number of benzene rings is 1. The number of hydrogen-bond acceptors (Lipinski definition) is 4. The number of alkyl halides is 3. The number of carbonyl (C=O) groups excluding carboxylic acids is 1. The van der Waals surface area contributed by atoms with Gasteiger partial charge in [-0.15, -0.1) is 0 Å². The van der Waals surface area contributed by atoms with Crippen molar-refractivity contribution in [2.75, 3.05) is 26.3 Å². The number of ether oxygens (including phenoxy) is 1. The average Bonchev–Trinajstić information content (AvgIpc) is 2.82. The summed E-state index contributed by atoms with van der Waals surface area (Å²) in [5.74, 6) is -0.299. The number of aromatic nitrogens is 1. The second kappa shape index (κ2) is 5.97. The fourth-order valence-corrected chi connectivity index (χ4v) is 3.31. The summed E-state index contributed by atoms with van der Waals surface area (Å²) in [6.45, 7) is 1.42. The van der Waals surface area contributed by atoms with Crippen LogP contribution in [0.4, 0.5) is 13.2 Å². The number of carbonyl (C=O) groups is 1. The van der Waals surface area contributed by atoms with Crippen molar-refractivity contribution in [2.45, 2.75) is 12.7 Å². The molecule has 124 valence electrons. The lowest BCUT2D eigenvalue weighted by Crippen LogP contribution is -2.43.